The van der Waals surface area contributed by atoms with Crippen molar-refractivity contribution in [2.45, 2.75) is 102 Å². The lowest BCUT2D eigenvalue weighted by Crippen LogP contribution is -2.61. The first-order chi connectivity index (χ1) is 18.7. The van der Waals surface area contributed by atoms with E-state index >= 15 is 0 Å². The number of fused-ring (bicyclic) bond motifs is 1. The van der Waals surface area contributed by atoms with Crippen LogP contribution in [0.25, 0.3) is 0 Å². The number of likely N-dealkylation sites (tertiary alicyclic amines) is 1. The molecule has 1 aromatic carbocycles. The highest BCUT2D eigenvalue weighted by atomic mass is 79.9. The zero-order chi connectivity index (χ0) is 29.6. The van der Waals surface area contributed by atoms with Gasteiger partial charge < -0.3 is 30.1 Å². The van der Waals surface area contributed by atoms with Gasteiger partial charge in [-0.25, -0.2) is 0 Å². The number of nitrogens with zero attached hydrogens (tertiary/aromatic N) is 1. The molecule has 0 aliphatic carbocycles. The van der Waals surface area contributed by atoms with E-state index in [-0.39, 0.29) is 34.6 Å². The summed E-state index contributed by atoms with van der Waals surface area (Å²) in [6, 6.07) is 5.54. The van der Waals surface area contributed by atoms with E-state index in [1.807, 2.05) is 27.7 Å². The Bertz CT molecular complexity index is 1120. The third-order valence-electron chi connectivity index (χ3n) is 8.22. The number of benzene rings is 1. The smallest absolute Gasteiger partial charge is 0.246 e. The third-order valence-corrected chi connectivity index (χ3v) is 9.07. The van der Waals surface area contributed by atoms with E-state index in [4.69, 9.17) is 9.47 Å². The normalized spacial score (nSPS) is 30.3. The molecule has 3 fully saturated rings. The first kappa shape index (κ1) is 30.8. The van der Waals surface area contributed by atoms with Crippen LogP contribution >= 0.6 is 15.9 Å². The van der Waals surface area contributed by atoms with Crippen LogP contribution in [-0.4, -0.2) is 75.1 Å². The molecule has 7 atom stereocenters. The van der Waals surface area contributed by atoms with Gasteiger partial charge in [0.2, 0.25) is 17.7 Å². The molecule has 3 N–H and O–H groups in total. The number of carbonyl (C=O) groups is 3. The molecule has 3 aliphatic rings. The number of carbonyl (C=O) groups excluding carboxylic acids is 3. The summed E-state index contributed by atoms with van der Waals surface area (Å²) in [6.07, 6.45) is 1.03. The molecule has 0 saturated carbocycles. The van der Waals surface area contributed by atoms with Crippen molar-refractivity contribution in [3.63, 3.8) is 0 Å². The van der Waals surface area contributed by atoms with Crippen molar-refractivity contribution in [3.8, 4) is 5.75 Å². The van der Waals surface area contributed by atoms with Gasteiger partial charge in [0.15, 0.2) is 0 Å². The van der Waals surface area contributed by atoms with Crippen molar-refractivity contribution in [1.82, 2.24) is 10.2 Å². The van der Waals surface area contributed by atoms with Crippen molar-refractivity contribution < 1.29 is 29.0 Å². The van der Waals surface area contributed by atoms with Crippen LogP contribution in [-0.2, 0) is 19.1 Å². The summed E-state index contributed by atoms with van der Waals surface area (Å²) in [4.78, 5) is 43.4. The van der Waals surface area contributed by atoms with E-state index in [1.165, 1.54) is 4.90 Å². The number of ether oxygens (including phenoxy) is 2. The second kappa shape index (κ2) is 11.2. The number of aliphatic hydroxyl groups excluding tert-OH is 1. The fourth-order valence-corrected chi connectivity index (χ4v) is 8.22. The predicted octanol–water partition coefficient (Wildman–Crippen LogP) is 3.87. The topological polar surface area (TPSA) is 117 Å². The molecule has 2 bridgehead atoms. The molecular formula is C30H44BrN3O6. The zero-order valence-corrected chi connectivity index (χ0v) is 26.2. The number of alkyl halides is 1. The maximum absolute atomic E-state index is 14.2. The maximum atomic E-state index is 14.2. The average Bonchev–Trinajstić information content (AvgIpc) is 3.43. The fourth-order valence-electron chi connectivity index (χ4n) is 7.27. The molecule has 10 heteroatoms. The quantitative estimate of drug-likeness (QED) is 0.341. The van der Waals surface area contributed by atoms with Gasteiger partial charge in [-0.15, -0.1) is 0 Å². The molecule has 0 radical (unpaired) electrons. The van der Waals surface area contributed by atoms with Crippen molar-refractivity contribution in [2.75, 3.05) is 18.5 Å². The minimum atomic E-state index is -1.18. The third kappa shape index (κ3) is 5.63. The highest BCUT2D eigenvalue weighted by Crippen LogP contribution is 2.60. The number of amides is 3. The summed E-state index contributed by atoms with van der Waals surface area (Å²) in [7, 11) is 0. The van der Waals surface area contributed by atoms with Crippen LogP contribution in [0.3, 0.4) is 0 Å². The van der Waals surface area contributed by atoms with E-state index in [0.717, 1.165) is 6.42 Å². The Morgan fingerprint density at radius 3 is 2.38 bits per heavy atom. The number of anilines is 1. The van der Waals surface area contributed by atoms with Crippen LogP contribution < -0.4 is 15.4 Å². The Kier molecular flexibility index (Phi) is 8.66. The standard InChI is InChI=1S/C30H44BrN3O6/c1-8-18(15-35)34-24(26(37)33-29(6,7)16-28(3,4)5)30-14-20(31)23(40-30)21(22(30)27(34)38)25(36)32-17-10-12-19(13-11-17)39-9-2/h10-13,18,20-24,35H,8-9,14-16H2,1-7H3,(H,32,36)(H,33,37)/t18-,20?,21-,22-,23-,24?,30?/m0/s1. The number of hydrogen-bond donors (Lipinski definition) is 3. The lowest BCUT2D eigenvalue weighted by Gasteiger charge is -2.40. The lowest BCUT2D eigenvalue weighted by molar-refractivity contribution is -0.146. The molecule has 40 heavy (non-hydrogen) atoms. The van der Waals surface area contributed by atoms with Crippen LogP contribution in [0.1, 0.15) is 67.7 Å². The van der Waals surface area contributed by atoms with Gasteiger partial charge in [-0.05, 0) is 69.7 Å². The summed E-state index contributed by atoms with van der Waals surface area (Å²) < 4.78 is 12.1. The number of nitrogens with one attached hydrogen (secondary N) is 2. The van der Waals surface area contributed by atoms with Crippen LogP contribution in [0.5, 0.6) is 5.75 Å². The van der Waals surface area contributed by atoms with Gasteiger partial charge in [0.1, 0.15) is 17.4 Å². The first-order valence-electron chi connectivity index (χ1n) is 14.3. The number of aliphatic hydroxyl groups is 1. The second-order valence-electron chi connectivity index (χ2n) is 13.2. The lowest BCUT2D eigenvalue weighted by atomic mass is 9.70. The van der Waals surface area contributed by atoms with E-state index in [2.05, 4.69) is 47.3 Å². The van der Waals surface area contributed by atoms with Gasteiger partial charge in [0.25, 0.3) is 0 Å². The molecule has 1 spiro atoms. The molecule has 3 amide bonds. The molecule has 4 rings (SSSR count). The van der Waals surface area contributed by atoms with Gasteiger partial charge >= 0.3 is 0 Å². The highest BCUT2D eigenvalue weighted by Gasteiger charge is 2.77. The molecule has 222 valence electrons. The molecular weight excluding hydrogens is 578 g/mol. The largest absolute Gasteiger partial charge is 0.494 e. The Morgan fingerprint density at radius 1 is 1.18 bits per heavy atom. The van der Waals surface area contributed by atoms with E-state index < -0.39 is 41.2 Å². The van der Waals surface area contributed by atoms with Crippen molar-refractivity contribution in [1.29, 1.82) is 0 Å². The van der Waals surface area contributed by atoms with Crippen LogP contribution in [0, 0.1) is 17.3 Å². The molecule has 3 heterocycles. The number of rotatable bonds is 10. The van der Waals surface area contributed by atoms with Gasteiger partial charge in [0, 0.05) is 16.1 Å². The number of hydrogen-bond acceptors (Lipinski definition) is 6. The summed E-state index contributed by atoms with van der Waals surface area (Å²) in [6.45, 7) is 14.3. The van der Waals surface area contributed by atoms with Gasteiger partial charge in [-0.2, -0.15) is 0 Å². The molecule has 3 aliphatic heterocycles. The summed E-state index contributed by atoms with van der Waals surface area (Å²) >= 11 is 3.70. The monoisotopic (exact) mass is 621 g/mol. The van der Waals surface area contributed by atoms with Gasteiger partial charge in [0.05, 0.1) is 37.2 Å². The minimum Gasteiger partial charge on any atom is -0.494 e. The highest BCUT2D eigenvalue weighted by molar-refractivity contribution is 9.09. The fraction of sp³-hybridized carbons (Fsp3) is 0.700. The summed E-state index contributed by atoms with van der Waals surface area (Å²) in [5, 5.41) is 16.4. The van der Waals surface area contributed by atoms with Gasteiger partial charge in [-0.3, -0.25) is 14.4 Å². The Hall–Kier alpha value is -2.17. The maximum Gasteiger partial charge on any atom is 0.246 e. The van der Waals surface area contributed by atoms with Crippen molar-refractivity contribution in [3.05, 3.63) is 24.3 Å². The van der Waals surface area contributed by atoms with Crippen molar-refractivity contribution in [2.24, 2.45) is 17.3 Å². The average molecular weight is 623 g/mol. The van der Waals surface area contributed by atoms with Crippen LogP contribution in [0.15, 0.2) is 24.3 Å². The zero-order valence-electron chi connectivity index (χ0n) is 24.6. The summed E-state index contributed by atoms with van der Waals surface area (Å²) in [5.74, 6) is -1.90. The van der Waals surface area contributed by atoms with Crippen LogP contribution in [0.2, 0.25) is 0 Å². The first-order valence-corrected chi connectivity index (χ1v) is 15.2. The molecule has 1 aromatic rings. The molecule has 3 unspecified atom stereocenters. The Labute approximate surface area is 245 Å². The second-order valence-corrected chi connectivity index (χ2v) is 14.4. The minimum absolute atomic E-state index is 0.0346. The van der Waals surface area contributed by atoms with E-state index in [1.54, 1.807) is 24.3 Å². The van der Waals surface area contributed by atoms with E-state index in [0.29, 0.717) is 30.9 Å². The predicted molar refractivity (Wildman–Crippen MR) is 156 cm³/mol. The SMILES string of the molecule is CCOc1ccc(NC(=O)[C@H]2[C@H]3C(=O)N([C@@H](CC)CO)C(C(=O)NC(C)(C)CC(C)(C)C)C34CC(Br)[C@@H]2O4)cc1. The van der Waals surface area contributed by atoms with Gasteiger partial charge in [-0.1, -0.05) is 43.6 Å². The Morgan fingerprint density at radius 2 is 1.82 bits per heavy atom. The molecule has 9 nitrogen and oxygen atoms in total. The Balaban J connectivity index is 1.68. The summed E-state index contributed by atoms with van der Waals surface area (Å²) in [5.41, 5.74) is -1.18. The van der Waals surface area contributed by atoms with Crippen LogP contribution in [0.4, 0.5) is 5.69 Å². The van der Waals surface area contributed by atoms with Crippen molar-refractivity contribution >= 4 is 39.3 Å². The molecule has 0 aromatic heterocycles. The van der Waals surface area contributed by atoms with E-state index in [9.17, 15) is 19.5 Å². The molecule has 3 saturated heterocycles. The number of halogens is 1.